The molecule has 1 N–H and O–H groups in total. The highest BCUT2D eigenvalue weighted by atomic mass is 32.1. The summed E-state index contributed by atoms with van der Waals surface area (Å²) in [6.45, 7) is 2.11. The van der Waals surface area contributed by atoms with E-state index in [1.807, 2.05) is 0 Å². The van der Waals surface area contributed by atoms with E-state index in [-0.39, 0.29) is 5.56 Å². The van der Waals surface area contributed by atoms with Crippen molar-refractivity contribution in [1.29, 1.82) is 0 Å². The number of fused-ring (bicyclic) bond motifs is 1. The summed E-state index contributed by atoms with van der Waals surface area (Å²) in [5.74, 6) is -1.60. The molecule has 1 amide bonds. The minimum absolute atomic E-state index is 0.0813. The summed E-state index contributed by atoms with van der Waals surface area (Å²) < 4.78 is 1.38. The SMILES string of the molecule is Cc1csc2ncc(C(=O)N3CCC[C@@H]3C(=O)O)c(=O)n12. The van der Waals surface area contributed by atoms with Gasteiger partial charge in [-0.05, 0) is 19.8 Å². The summed E-state index contributed by atoms with van der Waals surface area (Å²) >= 11 is 1.32. The van der Waals surface area contributed by atoms with E-state index in [1.54, 1.807) is 12.3 Å². The smallest absolute Gasteiger partial charge is 0.326 e. The number of hydrogen-bond donors (Lipinski definition) is 1. The van der Waals surface area contributed by atoms with Crippen molar-refractivity contribution in [2.45, 2.75) is 25.8 Å². The van der Waals surface area contributed by atoms with E-state index in [4.69, 9.17) is 5.11 Å². The standard InChI is InChI=1S/C13H13N3O4S/c1-7-6-21-13-14-5-8(11(18)16(7)13)10(17)15-4-2-3-9(15)12(19)20/h5-6,9H,2-4H2,1H3,(H,19,20)/t9-/m1/s1. The molecular formula is C13H13N3O4S. The number of likely N-dealkylation sites (tertiary alicyclic amines) is 1. The summed E-state index contributed by atoms with van der Waals surface area (Å²) in [5.41, 5.74) is 0.181. The largest absolute Gasteiger partial charge is 0.480 e. The van der Waals surface area contributed by atoms with Crippen molar-refractivity contribution in [3.63, 3.8) is 0 Å². The van der Waals surface area contributed by atoms with Crippen LogP contribution >= 0.6 is 11.3 Å². The predicted molar refractivity (Wildman–Crippen MR) is 75.8 cm³/mol. The molecule has 1 saturated heterocycles. The first kappa shape index (κ1) is 13.7. The van der Waals surface area contributed by atoms with Gasteiger partial charge in [0.05, 0.1) is 0 Å². The molecule has 0 aliphatic carbocycles. The maximum Gasteiger partial charge on any atom is 0.326 e. The molecule has 3 rings (SSSR count). The van der Waals surface area contributed by atoms with Gasteiger partial charge in [0, 0.05) is 23.8 Å². The van der Waals surface area contributed by atoms with E-state index < -0.39 is 23.5 Å². The first-order valence-electron chi connectivity index (χ1n) is 6.50. The van der Waals surface area contributed by atoms with Crippen molar-refractivity contribution < 1.29 is 14.7 Å². The van der Waals surface area contributed by atoms with Crippen LogP contribution in [0.2, 0.25) is 0 Å². The monoisotopic (exact) mass is 307 g/mol. The van der Waals surface area contributed by atoms with E-state index in [0.29, 0.717) is 30.0 Å². The maximum atomic E-state index is 12.5. The van der Waals surface area contributed by atoms with Gasteiger partial charge in [0.2, 0.25) is 0 Å². The van der Waals surface area contributed by atoms with Crippen molar-refractivity contribution in [3.8, 4) is 0 Å². The highest BCUT2D eigenvalue weighted by Gasteiger charge is 2.35. The van der Waals surface area contributed by atoms with E-state index in [1.165, 1.54) is 26.8 Å². The molecule has 1 atom stereocenters. The average molecular weight is 307 g/mol. The molecule has 0 bridgehead atoms. The first-order valence-corrected chi connectivity index (χ1v) is 7.38. The Bertz CT molecular complexity index is 794. The highest BCUT2D eigenvalue weighted by Crippen LogP contribution is 2.20. The molecular weight excluding hydrogens is 294 g/mol. The Balaban J connectivity index is 2.06. The molecule has 7 nitrogen and oxygen atoms in total. The average Bonchev–Trinajstić information content (AvgIpc) is 3.06. The van der Waals surface area contributed by atoms with Gasteiger partial charge in [-0.15, -0.1) is 11.3 Å². The van der Waals surface area contributed by atoms with Gasteiger partial charge in [-0.1, -0.05) is 0 Å². The number of carboxylic acid groups (broad SMARTS) is 1. The fraction of sp³-hybridized carbons (Fsp3) is 0.385. The number of aliphatic carboxylic acids is 1. The zero-order valence-electron chi connectivity index (χ0n) is 11.3. The molecule has 0 spiro atoms. The molecule has 0 radical (unpaired) electrons. The van der Waals surface area contributed by atoms with Crippen LogP contribution < -0.4 is 5.56 Å². The summed E-state index contributed by atoms with van der Waals surface area (Å²) in [5, 5.41) is 10.9. The van der Waals surface area contributed by atoms with Gasteiger partial charge < -0.3 is 10.0 Å². The van der Waals surface area contributed by atoms with Crippen molar-refractivity contribution in [2.24, 2.45) is 0 Å². The second-order valence-corrected chi connectivity index (χ2v) is 5.80. The number of amides is 1. The number of rotatable bonds is 2. The van der Waals surface area contributed by atoms with Crippen molar-refractivity contribution >= 4 is 28.2 Å². The topological polar surface area (TPSA) is 92.0 Å². The highest BCUT2D eigenvalue weighted by molar-refractivity contribution is 7.15. The minimum atomic E-state index is -1.04. The molecule has 21 heavy (non-hydrogen) atoms. The van der Waals surface area contributed by atoms with Crippen LogP contribution in [0.3, 0.4) is 0 Å². The Morgan fingerprint density at radius 3 is 2.95 bits per heavy atom. The maximum absolute atomic E-state index is 12.5. The Morgan fingerprint density at radius 2 is 2.24 bits per heavy atom. The molecule has 2 aromatic rings. The number of hydrogen-bond acceptors (Lipinski definition) is 5. The van der Waals surface area contributed by atoms with E-state index in [2.05, 4.69) is 4.98 Å². The van der Waals surface area contributed by atoms with E-state index in [9.17, 15) is 14.4 Å². The normalized spacial score (nSPS) is 18.3. The Hall–Kier alpha value is -2.22. The molecule has 3 heterocycles. The molecule has 8 heteroatoms. The Morgan fingerprint density at radius 1 is 1.48 bits per heavy atom. The fourth-order valence-electron chi connectivity index (χ4n) is 2.59. The van der Waals surface area contributed by atoms with Crippen LogP contribution in [0, 0.1) is 6.92 Å². The van der Waals surface area contributed by atoms with Crippen LogP contribution in [0.15, 0.2) is 16.4 Å². The summed E-state index contributed by atoms with van der Waals surface area (Å²) in [6.07, 6.45) is 2.28. The zero-order chi connectivity index (χ0) is 15.1. The number of thiazole rings is 1. The Labute approximate surface area is 123 Å². The third-order valence-electron chi connectivity index (χ3n) is 3.65. The lowest BCUT2D eigenvalue weighted by atomic mass is 10.2. The number of aryl methyl sites for hydroxylation is 1. The second-order valence-electron chi connectivity index (χ2n) is 4.97. The molecule has 1 aliphatic heterocycles. The molecule has 2 aromatic heterocycles. The lowest BCUT2D eigenvalue weighted by Crippen LogP contribution is -2.42. The van der Waals surface area contributed by atoms with Crippen molar-refractivity contribution in [2.75, 3.05) is 6.54 Å². The van der Waals surface area contributed by atoms with Gasteiger partial charge >= 0.3 is 5.97 Å². The summed E-state index contributed by atoms with van der Waals surface area (Å²) in [7, 11) is 0. The fourth-order valence-corrected chi connectivity index (χ4v) is 3.42. The second kappa shape index (κ2) is 4.96. The predicted octanol–water partition coefficient (Wildman–Crippen LogP) is 0.754. The van der Waals surface area contributed by atoms with E-state index in [0.717, 1.165) is 0 Å². The van der Waals surface area contributed by atoms with Gasteiger partial charge in [-0.25, -0.2) is 9.78 Å². The van der Waals surface area contributed by atoms with Crippen LogP contribution in [0.4, 0.5) is 0 Å². The molecule has 110 valence electrons. The number of nitrogens with zero attached hydrogens (tertiary/aromatic N) is 3. The lowest BCUT2D eigenvalue weighted by Gasteiger charge is -2.20. The Kier molecular flexibility index (Phi) is 3.25. The summed E-state index contributed by atoms with van der Waals surface area (Å²) in [4.78, 5) is 41.9. The molecule has 0 aromatic carbocycles. The van der Waals surface area contributed by atoms with Crippen LogP contribution in [0.1, 0.15) is 28.9 Å². The number of carboxylic acids is 1. The third-order valence-corrected chi connectivity index (χ3v) is 4.60. The summed E-state index contributed by atoms with van der Waals surface area (Å²) in [6, 6.07) is -0.860. The van der Waals surface area contributed by atoms with Crippen molar-refractivity contribution in [3.05, 3.63) is 33.2 Å². The molecule has 0 saturated carbocycles. The zero-order valence-corrected chi connectivity index (χ0v) is 12.1. The lowest BCUT2D eigenvalue weighted by molar-refractivity contribution is -0.141. The van der Waals surface area contributed by atoms with E-state index >= 15 is 0 Å². The van der Waals surface area contributed by atoms with Gasteiger partial charge in [-0.3, -0.25) is 14.0 Å². The van der Waals surface area contributed by atoms with Gasteiger partial charge in [0.15, 0.2) is 4.96 Å². The van der Waals surface area contributed by atoms with Gasteiger partial charge in [0.25, 0.3) is 11.5 Å². The number of aromatic nitrogens is 2. The quantitative estimate of drug-likeness (QED) is 0.884. The molecule has 0 unspecified atom stereocenters. The molecule has 1 fully saturated rings. The number of carbonyl (C=O) groups excluding carboxylic acids is 1. The minimum Gasteiger partial charge on any atom is -0.480 e. The van der Waals surface area contributed by atoms with Crippen molar-refractivity contribution in [1.82, 2.24) is 14.3 Å². The van der Waals surface area contributed by atoms with Crippen LogP contribution in [0.25, 0.3) is 4.96 Å². The van der Waals surface area contributed by atoms with Crippen LogP contribution in [-0.2, 0) is 4.79 Å². The van der Waals surface area contributed by atoms with Crippen LogP contribution in [-0.4, -0.2) is 43.9 Å². The third kappa shape index (κ3) is 2.11. The van der Waals surface area contributed by atoms with Gasteiger partial charge in [-0.2, -0.15) is 0 Å². The molecule has 1 aliphatic rings. The van der Waals surface area contributed by atoms with Crippen LogP contribution in [0.5, 0.6) is 0 Å². The number of carbonyl (C=O) groups is 2. The van der Waals surface area contributed by atoms with Gasteiger partial charge in [0.1, 0.15) is 11.6 Å². The first-order chi connectivity index (χ1) is 10.0.